The van der Waals surface area contributed by atoms with Crippen LogP contribution in [0.1, 0.15) is 16.2 Å². The van der Waals surface area contributed by atoms with E-state index in [1.807, 2.05) is 79.9 Å². The number of carbonyl (C=O) groups is 1. The summed E-state index contributed by atoms with van der Waals surface area (Å²) in [5.74, 6) is 0.571. The number of H-pyrrole nitrogens is 1. The summed E-state index contributed by atoms with van der Waals surface area (Å²) in [4.78, 5) is 25.3. The van der Waals surface area contributed by atoms with E-state index in [4.69, 9.17) is 0 Å². The van der Waals surface area contributed by atoms with Gasteiger partial charge < -0.3 is 10.3 Å². The van der Waals surface area contributed by atoms with Crippen molar-refractivity contribution in [2.24, 2.45) is 0 Å². The highest BCUT2D eigenvalue weighted by atomic mass is 16.2. The van der Waals surface area contributed by atoms with Crippen LogP contribution in [0.2, 0.25) is 0 Å². The number of nitrogens with zero attached hydrogens (tertiary/aromatic N) is 3. The van der Waals surface area contributed by atoms with Crippen molar-refractivity contribution in [1.82, 2.24) is 19.4 Å². The molecular weight excluding hydrogens is 350 g/mol. The van der Waals surface area contributed by atoms with E-state index in [0.717, 1.165) is 28.1 Å². The Morgan fingerprint density at radius 2 is 1.86 bits per heavy atom. The van der Waals surface area contributed by atoms with Gasteiger partial charge in [-0.05, 0) is 43.3 Å². The lowest BCUT2D eigenvalue weighted by Gasteiger charge is -2.07. The van der Waals surface area contributed by atoms with Gasteiger partial charge in [0.1, 0.15) is 17.2 Å². The minimum atomic E-state index is -0.196. The van der Waals surface area contributed by atoms with Gasteiger partial charge in [-0.1, -0.05) is 30.3 Å². The molecule has 0 spiro atoms. The molecule has 6 heteroatoms. The fraction of sp³-hybridized carbons (Fsp3) is 0.0455. The normalized spacial score (nSPS) is 11.2. The van der Waals surface area contributed by atoms with Crippen molar-refractivity contribution in [2.75, 3.05) is 5.32 Å². The molecule has 6 nitrogen and oxygen atoms in total. The number of fused-ring (bicyclic) bond motifs is 2. The van der Waals surface area contributed by atoms with E-state index >= 15 is 0 Å². The molecule has 0 unspecified atom stereocenters. The molecule has 3 aromatic heterocycles. The molecule has 28 heavy (non-hydrogen) atoms. The van der Waals surface area contributed by atoms with Gasteiger partial charge in [0.25, 0.3) is 5.91 Å². The van der Waals surface area contributed by atoms with Crippen molar-refractivity contribution in [1.29, 1.82) is 0 Å². The van der Waals surface area contributed by atoms with E-state index in [9.17, 15) is 4.79 Å². The average Bonchev–Trinajstić information content (AvgIpc) is 3.28. The van der Waals surface area contributed by atoms with Crippen LogP contribution in [0.3, 0.4) is 0 Å². The van der Waals surface area contributed by atoms with Crippen LogP contribution in [0.25, 0.3) is 28.1 Å². The molecule has 0 radical (unpaired) electrons. The summed E-state index contributed by atoms with van der Waals surface area (Å²) >= 11 is 0. The fourth-order valence-corrected chi connectivity index (χ4v) is 3.41. The fourth-order valence-electron chi connectivity index (χ4n) is 3.41. The maximum absolute atomic E-state index is 12.9. The first-order valence-corrected chi connectivity index (χ1v) is 8.99. The first-order chi connectivity index (χ1) is 13.7. The number of aryl methyl sites for hydroxylation is 1. The number of hydrogen-bond acceptors (Lipinski definition) is 3. The molecule has 1 amide bonds. The van der Waals surface area contributed by atoms with Crippen molar-refractivity contribution in [3.05, 3.63) is 84.3 Å². The van der Waals surface area contributed by atoms with Gasteiger partial charge in [-0.15, -0.1) is 0 Å². The van der Waals surface area contributed by atoms with Crippen LogP contribution in [0, 0.1) is 6.92 Å². The van der Waals surface area contributed by atoms with E-state index in [2.05, 4.69) is 20.3 Å². The topological polar surface area (TPSA) is 75.1 Å². The number of pyridine rings is 1. The van der Waals surface area contributed by atoms with Gasteiger partial charge >= 0.3 is 0 Å². The summed E-state index contributed by atoms with van der Waals surface area (Å²) in [6.07, 6.45) is 1.84. The van der Waals surface area contributed by atoms with Crippen LogP contribution in [-0.2, 0) is 0 Å². The van der Waals surface area contributed by atoms with Crippen LogP contribution in [0.15, 0.2) is 72.9 Å². The second-order valence-electron chi connectivity index (χ2n) is 6.61. The molecular formula is C22H17N5O. The van der Waals surface area contributed by atoms with Gasteiger partial charge in [0, 0.05) is 17.4 Å². The van der Waals surface area contributed by atoms with Crippen molar-refractivity contribution in [2.45, 2.75) is 6.92 Å². The Bertz CT molecular complexity index is 1300. The van der Waals surface area contributed by atoms with E-state index in [-0.39, 0.29) is 5.91 Å². The Morgan fingerprint density at radius 1 is 1.00 bits per heavy atom. The van der Waals surface area contributed by atoms with Gasteiger partial charge in [0.15, 0.2) is 0 Å². The number of para-hydroxylation sites is 2. The third-order valence-electron chi connectivity index (χ3n) is 4.70. The highest BCUT2D eigenvalue weighted by Gasteiger charge is 2.16. The van der Waals surface area contributed by atoms with E-state index in [1.54, 1.807) is 4.40 Å². The summed E-state index contributed by atoms with van der Waals surface area (Å²) in [6.45, 7) is 1.84. The molecule has 0 fully saturated rings. The molecule has 5 aromatic rings. The van der Waals surface area contributed by atoms with Crippen molar-refractivity contribution < 1.29 is 4.79 Å². The van der Waals surface area contributed by atoms with E-state index < -0.39 is 0 Å². The number of imidazole rings is 2. The first kappa shape index (κ1) is 16.3. The summed E-state index contributed by atoms with van der Waals surface area (Å²) in [7, 11) is 0. The molecule has 136 valence electrons. The van der Waals surface area contributed by atoms with Crippen molar-refractivity contribution in [3.8, 4) is 11.4 Å². The monoisotopic (exact) mass is 367 g/mol. The van der Waals surface area contributed by atoms with Gasteiger partial charge in [-0.25, -0.2) is 9.97 Å². The molecule has 0 bridgehead atoms. The standard InChI is InChI=1S/C22H17N5O/c1-14-20(27-12-5-4-11-19(27)23-14)22(28)24-16-8-6-7-15(13-16)21-25-17-9-2-3-10-18(17)26-21/h2-13H,1H3,(H,24,28)(H,25,26). The highest BCUT2D eigenvalue weighted by molar-refractivity contribution is 6.04. The number of hydrogen-bond donors (Lipinski definition) is 2. The lowest BCUT2D eigenvalue weighted by molar-refractivity contribution is 0.102. The van der Waals surface area contributed by atoms with Gasteiger partial charge in [0.2, 0.25) is 0 Å². The quantitative estimate of drug-likeness (QED) is 0.495. The Hall–Kier alpha value is -3.93. The number of nitrogens with one attached hydrogen (secondary N) is 2. The number of carbonyl (C=O) groups excluding carboxylic acids is 1. The average molecular weight is 367 g/mol. The summed E-state index contributed by atoms with van der Waals surface area (Å²) < 4.78 is 1.80. The van der Waals surface area contributed by atoms with Gasteiger partial charge in [-0.2, -0.15) is 0 Å². The number of amides is 1. The Kier molecular flexibility index (Phi) is 3.69. The Morgan fingerprint density at radius 3 is 2.75 bits per heavy atom. The third kappa shape index (κ3) is 2.72. The third-order valence-corrected chi connectivity index (χ3v) is 4.70. The number of aromatic amines is 1. The summed E-state index contributed by atoms with van der Waals surface area (Å²) in [5.41, 5.74) is 5.47. The van der Waals surface area contributed by atoms with Gasteiger partial charge in [0.05, 0.1) is 16.7 Å². The summed E-state index contributed by atoms with van der Waals surface area (Å²) in [6, 6.07) is 21.2. The molecule has 0 atom stereocenters. The lowest BCUT2D eigenvalue weighted by atomic mass is 10.2. The van der Waals surface area contributed by atoms with Crippen LogP contribution < -0.4 is 5.32 Å². The largest absolute Gasteiger partial charge is 0.338 e. The number of anilines is 1. The van der Waals surface area contributed by atoms with E-state index in [1.165, 1.54) is 0 Å². The Labute approximate surface area is 160 Å². The minimum absolute atomic E-state index is 0.196. The first-order valence-electron chi connectivity index (χ1n) is 8.99. The smallest absolute Gasteiger partial charge is 0.274 e. The maximum atomic E-state index is 12.9. The molecule has 5 rings (SSSR count). The van der Waals surface area contributed by atoms with E-state index in [0.29, 0.717) is 17.1 Å². The zero-order chi connectivity index (χ0) is 19.1. The highest BCUT2D eigenvalue weighted by Crippen LogP contribution is 2.23. The van der Waals surface area contributed by atoms with Crippen LogP contribution in [0.4, 0.5) is 5.69 Å². The minimum Gasteiger partial charge on any atom is -0.338 e. The molecule has 0 saturated carbocycles. The molecule has 0 aliphatic carbocycles. The maximum Gasteiger partial charge on any atom is 0.274 e. The SMILES string of the molecule is Cc1nc2ccccn2c1C(=O)Nc1cccc(-c2nc3ccccc3[nH]2)c1. The second kappa shape index (κ2) is 6.35. The molecule has 0 aliphatic rings. The molecule has 0 saturated heterocycles. The molecule has 3 heterocycles. The predicted octanol–water partition coefficient (Wildman–Crippen LogP) is 4.44. The van der Waals surface area contributed by atoms with Crippen molar-refractivity contribution in [3.63, 3.8) is 0 Å². The zero-order valence-electron chi connectivity index (χ0n) is 15.2. The molecule has 2 N–H and O–H groups in total. The molecule has 0 aliphatic heterocycles. The van der Waals surface area contributed by atoms with Crippen LogP contribution >= 0.6 is 0 Å². The number of rotatable bonds is 3. The summed E-state index contributed by atoms with van der Waals surface area (Å²) in [5, 5.41) is 2.98. The van der Waals surface area contributed by atoms with Crippen LogP contribution in [-0.4, -0.2) is 25.3 Å². The van der Waals surface area contributed by atoms with Gasteiger partial charge in [-0.3, -0.25) is 9.20 Å². The van der Waals surface area contributed by atoms with Crippen LogP contribution in [0.5, 0.6) is 0 Å². The number of benzene rings is 2. The predicted molar refractivity (Wildman–Crippen MR) is 109 cm³/mol. The second-order valence-corrected chi connectivity index (χ2v) is 6.61. The zero-order valence-corrected chi connectivity index (χ0v) is 15.2. The lowest BCUT2D eigenvalue weighted by Crippen LogP contribution is -2.15. The Balaban J connectivity index is 1.48. The van der Waals surface area contributed by atoms with Crippen molar-refractivity contribution >= 4 is 28.3 Å². The number of aromatic nitrogens is 4. The molecule has 2 aromatic carbocycles.